The van der Waals surface area contributed by atoms with Crippen LogP contribution in [0.4, 0.5) is 0 Å². The van der Waals surface area contributed by atoms with Crippen LogP contribution in [0.25, 0.3) is 0 Å². The Morgan fingerprint density at radius 3 is 2.11 bits per heavy atom. The monoisotopic (exact) mass is 258 g/mol. The number of β-lactam (4-membered cyclic amide) rings is 2. The zero-order chi connectivity index (χ0) is 14.0. The van der Waals surface area contributed by atoms with Crippen LogP contribution < -0.4 is 0 Å². The largest absolute Gasteiger partial charge is 0.271 e. The van der Waals surface area contributed by atoms with Crippen LogP contribution in [0, 0.1) is 5.41 Å². The average molecular weight is 258 g/mol. The molecule has 2 rings (SSSR count). The van der Waals surface area contributed by atoms with Gasteiger partial charge in [-0.15, -0.1) is 0 Å². The highest BCUT2D eigenvalue weighted by atomic mass is 16.2. The number of carbonyl (C=O) groups is 2. The van der Waals surface area contributed by atoms with Crippen LogP contribution in [0.5, 0.6) is 0 Å². The van der Waals surface area contributed by atoms with Gasteiger partial charge in [0.15, 0.2) is 0 Å². The normalized spacial score (nSPS) is 18.5. The molecule has 1 heterocycles. The fourth-order valence-electron chi connectivity index (χ4n) is 2.37. The van der Waals surface area contributed by atoms with E-state index in [9.17, 15) is 9.59 Å². The topological polar surface area (TPSA) is 49.7 Å². The smallest absolute Gasteiger partial charge is 0.265 e. The zero-order valence-electron chi connectivity index (χ0n) is 11.5. The van der Waals surface area contributed by atoms with Crippen LogP contribution in [-0.4, -0.2) is 22.5 Å². The van der Waals surface area contributed by atoms with Gasteiger partial charge in [0, 0.05) is 0 Å². The van der Waals surface area contributed by atoms with Crippen LogP contribution in [0.2, 0.25) is 0 Å². The highest BCUT2D eigenvalue weighted by molar-refractivity contribution is 6.22. The summed E-state index contributed by atoms with van der Waals surface area (Å²) in [7, 11) is 0. The van der Waals surface area contributed by atoms with Gasteiger partial charge in [-0.3, -0.25) is 9.59 Å². The van der Waals surface area contributed by atoms with E-state index in [1.165, 1.54) is 0 Å². The number of benzene rings is 1. The molecule has 4 nitrogen and oxygen atoms in total. The van der Waals surface area contributed by atoms with Gasteiger partial charge < -0.3 is 0 Å². The van der Waals surface area contributed by atoms with Gasteiger partial charge in [0.2, 0.25) is 0 Å². The van der Waals surface area contributed by atoms with Crippen molar-refractivity contribution in [1.29, 1.82) is 0 Å². The van der Waals surface area contributed by atoms with E-state index >= 15 is 0 Å². The summed E-state index contributed by atoms with van der Waals surface area (Å²) in [6, 6.07) is 9.52. The number of carbonyl (C=O) groups excluding carboxylic acids is 2. The van der Waals surface area contributed by atoms with Crippen molar-refractivity contribution in [3.63, 3.8) is 0 Å². The molecule has 1 saturated heterocycles. The predicted molar refractivity (Wildman–Crippen MR) is 73.5 cm³/mol. The Balaban J connectivity index is 2.23. The van der Waals surface area contributed by atoms with Crippen molar-refractivity contribution < 1.29 is 9.59 Å². The van der Waals surface area contributed by atoms with Gasteiger partial charge in [-0.2, -0.15) is 10.1 Å². The number of rotatable bonds is 4. The third kappa shape index (κ3) is 1.97. The van der Waals surface area contributed by atoms with Gasteiger partial charge in [0.25, 0.3) is 11.8 Å². The zero-order valence-corrected chi connectivity index (χ0v) is 11.5. The number of imide groups is 1. The number of nitrogens with zero attached hydrogens (tertiary/aromatic N) is 2. The molecule has 0 radical (unpaired) electrons. The Labute approximate surface area is 113 Å². The Morgan fingerprint density at radius 2 is 1.63 bits per heavy atom. The molecule has 0 aromatic heterocycles. The summed E-state index contributed by atoms with van der Waals surface area (Å²) in [5.41, 5.74) is 0.747. The molecule has 0 atom stereocenters. The molecule has 0 bridgehead atoms. The molecular formula is C15H18N2O2. The standard InChI is InChI=1S/C15H18N2O2/c1-4-15(5-2)13(18)17(14(15)19)16-11(3)12-9-7-6-8-10-12/h6-10H,4-5H2,1-3H3/b16-11+. The maximum Gasteiger partial charge on any atom is 0.265 e. The van der Waals surface area contributed by atoms with E-state index in [2.05, 4.69) is 5.10 Å². The van der Waals surface area contributed by atoms with E-state index in [4.69, 9.17) is 0 Å². The third-order valence-corrected chi connectivity index (χ3v) is 3.85. The van der Waals surface area contributed by atoms with Gasteiger partial charge in [0.05, 0.1) is 5.71 Å². The number of hydrazone groups is 1. The minimum absolute atomic E-state index is 0.183. The first-order chi connectivity index (χ1) is 9.06. The minimum Gasteiger partial charge on any atom is -0.271 e. The summed E-state index contributed by atoms with van der Waals surface area (Å²) in [5, 5.41) is 5.17. The molecule has 0 saturated carbocycles. The summed E-state index contributed by atoms with van der Waals surface area (Å²) >= 11 is 0. The van der Waals surface area contributed by atoms with Crippen molar-refractivity contribution in [2.75, 3.05) is 0 Å². The lowest BCUT2D eigenvalue weighted by Crippen LogP contribution is -2.63. The third-order valence-electron chi connectivity index (χ3n) is 3.85. The number of hydrogen-bond donors (Lipinski definition) is 0. The summed E-state index contributed by atoms with van der Waals surface area (Å²) < 4.78 is 0. The molecule has 100 valence electrons. The van der Waals surface area contributed by atoms with E-state index in [1.54, 1.807) is 6.92 Å². The molecule has 1 aromatic carbocycles. The second-order valence-corrected chi connectivity index (χ2v) is 4.76. The van der Waals surface area contributed by atoms with Crippen molar-refractivity contribution in [1.82, 2.24) is 5.01 Å². The van der Waals surface area contributed by atoms with E-state index in [0.717, 1.165) is 10.6 Å². The Kier molecular flexibility index (Phi) is 3.51. The van der Waals surface area contributed by atoms with Crippen LogP contribution in [-0.2, 0) is 9.59 Å². The van der Waals surface area contributed by atoms with Gasteiger partial charge in [-0.1, -0.05) is 44.2 Å². The Hall–Kier alpha value is -1.97. The van der Waals surface area contributed by atoms with Crippen LogP contribution in [0.3, 0.4) is 0 Å². The van der Waals surface area contributed by atoms with Gasteiger partial charge in [0.1, 0.15) is 5.41 Å². The highest BCUT2D eigenvalue weighted by Gasteiger charge is 2.59. The van der Waals surface area contributed by atoms with Gasteiger partial charge >= 0.3 is 0 Å². The summed E-state index contributed by atoms with van der Waals surface area (Å²) in [6.07, 6.45) is 1.08. The molecule has 4 heteroatoms. The van der Waals surface area contributed by atoms with E-state index in [1.807, 2.05) is 44.2 Å². The lowest BCUT2D eigenvalue weighted by Gasteiger charge is -2.42. The second-order valence-electron chi connectivity index (χ2n) is 4.76. The maximum atomic E-state index is 12.1. The molecular weight excluding hydrogens is 240 g/mol. The molecule has 0 aliphatic carbocycles. The molecule has 19 heavy (non-hydrogen) atoms. The summed E-state index contributed by atoms with van der Waals surface area (Å²) in [4.78, 5) is 24.2. The van der Waals surface area contributed by atoms with Crippen LogP contribution in [0.15, 0.2) is 35.4 Å². The lowest BCUT2D eigenvalue weighted by molar-refractivity contribution is -0.177. The fourth-order valence-corrected chi connectivity index (χ4v) is 2.37. The molecule has 2 amide bonds. The molecule has 1 aliphatic rings. The Bertz CT molecular complexity index is 512. The van der Waals surface area contributed by atoms with E-state index in [-0.39, 0.29) is 11.8 Å². The van der Waals surface area contributed by atoms with Crippen LogP contribution >= 0.6 is 0 Å². The molecule has 1 aliphatic heterocycles. The predicted octanol–water partition coefficient (Wildman–Crippen LogP) is 2.59. The molecule has 1 aromatic rings. The van der Waals surface area contributed by atoms with Crippen molar-refractivity contribution in [3.8, 4) is 0 Å². The highest BCUT2D eigenvalue weighted by Crippen LogP contribution is 2.40. The quantitative estimate of drug-likeness (QED) is 0.473. The number of amides is 2. The first-order valence-electron chi connectivity index (χ1n) is 6.56. The summed E-state index contributed by atoms with van der Waals surface area (Å²) in [6.45, 7) is 5.53. The van der Waals surface area contributed by atoms with E-state index < -0.39 is 5.41 Å². The Morgan fingerprint density at radius 1 is 1.11 bits per heavy atom. The SMILES string of the molecule is CCC1(CC)C(=O)N(/N=C(\C)c2ccccc2)C1=O. The van der Waals surface area contributed by atoms with Crippen molar-refractivity contribution in [2.45, 2.75) is 33.6 Å². The van der Waals surface area contributed by atoms with Crippen LogP contribution in [0.1, 0.15) is 39.2 Å². The van der Waals surface area contributed by atoms with Crippen molar-refractivity contribution in [2.24, 2.45) is 10.5 Å². The lowest BCUT2D eigenvalue weighted by atomic mass is 9.74. The van der Waals surface area contributed by atoms with Gasteiger partial charge in [-0.25, -0.2) is 0 Å². The minimum atomic E-state index is -0.833. The second kappa shape index (κ2) is 4.96. The molecule has 0 N–H and O–H groups in total. The molecule has 1 fully saturated rings. The molecule has 0 spiro atoms. The van der Waals surface area contributed by atoms with E-state index in [0.29, 0.717) is 18.6 Å². The summed E-state index contributed by atoms with van der Waals surface area (Å²) in [5.74, 6) is -0.365. The average Bonchev–Trinajstić information content (AvgIpc) is 2.47. The first-order valence-corrected chi connectivity index (χ1v) is 6.56. The van der Waals surface area contributed by atoms with Crippen molar-refractivity contribution >= 4 is 17.5 Å². The number of hydrogen-bond acceptors (Lipinski definition) is 3. The van der Waals surface area contributed by atoms with Crippen molar-refractivity contribution in [3.05, 3.63) is 35.9 Å². The maximum absolute atomic E-state index is 12.1. The first kappa shape index (κ1) is 13.5. The van der Waals surface area contributed by atoms with Gasteiger partial charge in [-0.05, 0) is 25.3 Å². The molecule has 0 unspecified atom stereocenters. The fraction of sp³-hybridized carbons (Fsp3) is 0.400.